The maximum Gasteiger partial charge on any atom is 0.249 e. The Bertz CT molecular complexity index is 411. The Hall–Kier alpha value is -0.940. The first kappa shape index (κ1) is 13.5. The second-order valence-electron chi connectivity index (χ2n) is 4.59. The second-order valence-corrected chi connectivity index (χ2v) is 5.75. The SMILES string of the molecule is CCCc1nc(C)c(CNC(=O)[C@@H]2CCCO2)s1. The van der Waals surface area contributed by atoms with Crippen molar-refractivity contribution in [3.63, 3.8) is 0 Å². The van der Waals surface area contributed by atoms with E-state index in [9.17, 15) is 4.79 Å². The monoisotopic (exact) mass is 268 g/mol. The Balaban J connectivity index is 1.87. The van der Waals surface area contributed by atoms with Gasteiger partial charge in [0, 0.05) is 11.5 Å². The van der Waals surface area contributed by atoms with Crippen molar-refractivity contribution < 1.29 is 9.53 Å². The number of aryl methyl sites for hydroxylation is 2. The highest BCUT2D eigenvalue weighted by Gasteiger charge is 2.23. The molecule has 1 aliphatic heterocycles. The van der Waals surface area contributed by atoms with E-state index in [2.05, 4.69) is 17.2 Å². The van der Waals surface area contributed by atoms with Crippen LogP contribution in [0.25, 0.3) is 0 Å². The van der Waals surface area contributed by atoms with E-state index < -0.39 is 0 Å². The van der Waals surface area contributed by atoms with E-state index in [4.69, 9.17) is 4.74 Å². The Labute approximate surface area is 112 Å². The van der Waals surface area contributed by atoms with Crippen LogP contribution in [0.15, 0.2) is 0 Å². The van der Waals surface area contributed by atoms with E-state index in [1.807, 2.05) is 6.92 Å². The van der Waals surface area contributed by atoms with Crippen molar-refractivity contribution in [1.82, 2.24) is 10.3 Å². The van der Waals surface area contributed by atoms with Crippen LogP contribution in [-0.2, 0) is 22.5 Å². The average molecular weight is 268 g/mol. The summed E-state index contributed by atoms with van der Waals surface area (Å²) in [6.07, 6.45) is 3.71. The summed E-state index contributed by atoms with van der Waals surface area (Å²) in [5.41, 5.74) is 1.04. The first-order valence-electron chi connectivity index (χ1n) is 6.55. The third-order valence-corrected chi connectivity index (χ3v) is 4.26. The molecule has 1 atom stereocenters. The van der Waals surface area contributed by atoms with E-state index in [0.717, 1.165) is 41.3 Å². The van der Waals surface area contributed by atoms with Crippen LogP contribution in [0.1, 0.15) is 41.8 Å². The first-order chi connectivity index (χ1) is 8.70. The van der Waals surface area contributed by atoms with Crippen LogP contribution in [0, 0.1) is 6.92 Å². The number of hydrogen-bond acceptors (Lipinski definition) is 4. The third-order valence-electron chi connectivity index (χ3n) is 3.05. The predicted octanol–water partition coefficient (Wildman–Crippen LogP) is 2.20. The van der Waals surface area contributed by atoms with Gasteiger partial charge in [0.1, 0.15) is 6.10 Å². The lowest BCUT2D eigenvalue weighted by molar-refractivity contribution is -0.130. The summed E-state index contributed by atoms with van der Waals surface area (Å²) >= 11 is 1.70. The van der Waals surface area contributed by atoms with Crippen molar-refractivity contribution >= 4 is 17.2 Å². The summed E-state index contributed by atoms with van der Waals surface area (Å²) in [6.45, 7) is 5.43. The Kier molecular flexibility index (Phi) is 4.72. The molecule has 100 valence electrons. The molecule has 1 aliphatic rings. The molecule has 1 aromatic rings. The van der Waals surface area contributed by atoms with Crippen molar-refractivity contribution in [2.24, 2.45) is 0 Å². The van der Waals surface area contributed by atoms with Crippen LogP contribution in [0.5, 0.6) is 0 Å². The lowest BCUT2D eigenvalue weighted by atomic mass is 10.2. The normalized spacial score (nSPS) is 19.1. The van der Waals surface area contributed by atoms with Gasteiger partial charge in [0.05, 0.1) is 17.2 Å². The number of amides is 1. The Morgan fingerprint density at radius 3 is 3.11 bits per heavy atom. The predicted molar refractivity (Wildman–Crippen MR) is 71.7 cm³/mol. The maximum absolute atomic E-state index is 11.8. The molecule has 4 nitrogen and oxygen atoms in total. The molecule has 0 saturated carbocycles. The molecule has 0 aliphatic carbocycles. The van der Waals surface area contributed by atoms with Crippen LogP contribution < -0.4 is 5.32 Å². The lowest BCUT2D eigenvalue weighted by Gasteiger charge is -2.09. The molecule has 0 aromatic carbocycles. The largest absolute Gasteiger partial charge is 0.368 e. The van der Waals surface area contributed by atoms with Gasteiger partial charge >= 0.3 is 0 Å². The van der Waals surface area contributed by atoms with Crippen molar-refractivity contribution in [3.05, 3.63) is 15.6 Å². The molecule has 1 N–H and O–H groups in total. The minimum absolute atomic E-state index is 0.0114. The summed E-state index contributed by atoms with van der Waals surface area (Å²) < 4.78 is 5.35. The van der Waals surface area contributed by atoms with Crippen LogP contribution in [-0.4, -0.2) is 23.6 Å². The first-order valence-corrected chi connectivity index (χ1v) is 7.37. The number of aromatic nitrogens is 1. The Morgan fingerprint density at radius 1 is 1.61 bits per heavy atom. The summed E-state index contributed by atoms with van der Waals surface area (Å²) in [5, 5.41) is 4.11. The zero-order valence-electron chi connectivity index (χ0n) is 11.0. The number of carbonyl (C=O) groups excluding carboxylic acids is 1. The highest BCUT2D eigenvalue weighted by atomic mass is 32.1. The molecule has 2 heterocycles. The quantitative estimate of drug-likeness (QED) is 0.890. The number of rotatable bonds is 5. The van der Waals surface area contributed by atoms with Gasteiger partial charge < -0.3 is 10.1 Å². The van der Waals surface area contributed by atoms with Crippen LogP contribution in [0.3, 0.4) is 0 Å². The zero-order valence-corrected chi connectivity index (χ0v) is 11.8. The molecule has 2 rings (SSSR count). The van der Waals surface area contributed by atoms with Gasteiger partial charge in [-0.05, 0) is 32.6 Å². The Morgan fingerprint density at radius 2 is 2.44 bits per heavy atom. The van der Waals surface area contributed by atoms with Gasteiger partial charge in [0.2, 0.25) is 5.91 Å². The molecule has 0 unspecified atom stereocenters. The van der Waals surface area contributed by atoms with Gasteiger partial charge in [0.15, 0.2) is 0 Å². The van der Waals surface area contributed by atoms with E-state index in [1.54, 1.807) is 11.3 Å². The smallest absolute Gasteiger partial charge is 0.249 e. The molecule has 1 aromatic heterocycles. The molecule has 5 heteroatoms. The molecule has 0 radical (unpaired) electrons. The van der Waals surface area contributed by atoms with Crippen LogP contribution in [0.2, 0.25) is 0 Å². The summed E-state index contributed by atoms with van der Waals surface area (Å²) in [4.78, 5) is 17.5. The van der Waals surface area contributed by atoms with Crippen molar-refractivity contribution in [1.29, 1.82) is 0 Å². The molecule has 1 saturated heterocycles. The number of nitrogens with one attached hydrogen (secondary N) is 1. The maximum atomic E-state index is 11.8. The topological polar surface area (TPSA) is 51.2 Å². The van der Waals surface area contributed by atoms with Gasteiger partial charge in [-0.1, -0.05) is 6.92 Å². The number of nitrogens with zero attached hydrogens (tertiary/aromatic N) is 1. The summed E-state index contributed by atoms with van der Waals surface area (Å²) in [5.74, 6) is 0.0114. The van der Waals surface area contributed by atoms with Gasteiger partial charge in [0.25, 0.3) is 0 Å². The average Bonchev–Trinajstić information content (AvgIpc) is 2.97. The highest BCUT2D eigenvalue weighted by molar-refractivity contribution is 7.11. The fraction of sp³-hybridized carbons (Fsp3) is 0.692. The number of carbonyl (C=O) groups is 1. The van der Waals surface area contributed by atoms with Crippen LogP contribution >= 0.6 is 11.3 Å². The number of thiazole rings is 1. The van der Waals surface area contributed by atoms with Crippen molar-refractivity contribution in [2.45, 2.75) is 52.2 Å². The van der Waals surface area contributed by atoms with Crippen LogP contribution in [0.4, 0.5) is 0 Å². The molecule has 1 fully saturated rings. The van der Waals surface area contributed by atoms with E-state index in [1.165, 1.54) is 0 Å². The fourth-order valence-electron chi connectivity index (χ4n) is 2.04. The minimum atomic E-state index is -0.242. The standard InChI is InChI=1S/C13H20N2O2S/c1-3-5-12-15-9(2)11(18-12)8-14-13(16)10-6-4-7-17-10/h10H,3-8H2,1-2H3,(H,14,16)/t10-/m0/s1. The van der Waals surface area contributed by atoms with Crippen molar-refractivity contribution in [3.8, 4) is 0 Å². The molecule has 0 bridgehead atoms. The summed E-state index contributed by atoms with van der Waals surface area (Å²) in [7, 11) is 0. The zero-order chi connectivity index (χ0) is 13.0. The van der Waals surface area contributed by atoms with E-state index >= 15 is 0 Å². The second kappa shape index (κ2) is 6.29. The molecular formula is C13H20N2O2S. The van der Waals surface area contributed by atoms with Gasteiger partial charge in [-0.15, -0.1) is 11.3 Å². The fourth-order valence-corrected chi connectivity index (χ4v) is 3.15. The minimum Gasteiger partial charge on any atom is -0.368 e. The number of ether oxygens (including phenoxy) is 1. The highest BCUT2D eigenvalue weighted by Crippen LogP contribution is 2.19. The third kappa shape index (κ3) is 3.29. The van der Waals surface area contributed by atoms with E-state index in [0.29, 0.717) is 13.2 Å². The van der Waals surface area contributed by atoms with Gasteiger partial charge in [-0.3, -0.25) is 4.79 Å². The summed E-state index contributed by atoms with van der Waals surface area (Å²) in [6, 6.07) is 0. The lowest BCUT2D eigenvalue weighted by Crippen LogP contribution is -2.33. The molecular weight excluding hydrogens is 248 g/mol. The van der Waals surface area contributed by atoms with Gasteiger partial charge in [-0.2, -0.15) is 0 Å². The van der Waals surface area contributed by atoms with Gasteiger partial charge in [-0.25, -0.2) is 4.98 Å². The van der Waals surface area contributed by atoms with E-state index in [-0.39, 0.29) is 12.0 Å². The molecule has 18 heavy (non-hydrogen) atoms. The molecule has 0 spiro atoms. The van der Waals surface area contributed by atoms with Crippen molar-refractivity contribution in [2.75, 3.05) is 6.61 Å². The molecule has 1 amide bonds. The number of hydrogen-bond donors (Lipinski definition) is 1.